The highest BCUT2D eigenvalue weighted by Gasteiger charge is 2.07. The second-order valence-corrected chi connectivity index (χ2v) is 6.49. The molecule has 22 heavy (non-hydrogen) atoms. The zero-order valence-corrected chi connectivity index (χ0v) is 14.1. The largest absolute Gasteiger partial charge is 0.349 e. The fourth-order valence-electron chi connectivity index (χ4n) is 1.92. The van der Waals surface area contributed by atoms with Crippen molar-refractivity contribution in [3.63, 3.8) is 0 Å². The van der Waals surface area contributed by atoms with E-state index in [0.29, 0.717) is 6.42 Å². The molecule has 5 nitrogen and oxygen atoms in total. The van der Waals surface area contributed by atoms with E-state index in [0.717, 1.165) is 35.1 Å². The summed E-state index contributed by atoms with van der Waals surface area (Å²) in [6.45, 7) is 2.06. The molecule has 0 saturated carbocycles. The van der Waals surface area contributed by atoms with Gasteiger partial charge in [0.1, 0.15) is 0 Å². The van der Waals surface area contributed by atoms with Crippen LogP contribution in [0.15, 0.2) is 29.4 Å². The van der Waals surface area contributed by atoms with Gasteiger partial charge in [-0.05, 0) is 19.8 Å². The predicted octanol–water partition coefficient (Wildman–Crippen LogP) is 3.13. The molecule has 1 N–H and O–H groups in total. The molecule has 0 radical (unpaired) electrons. The average Bonchev–Trinajstić information content (AvgIpc) is 2.96. The van der Waals surface area contributed by atoms with E-state index in [1.54, 1.807) is 30.8 Å². The lowest BCUT2D eigenvalue weighted by atomic mass is 10.1. The molecule has 0 saturated heterocycles. The van der Waals surface area contributed by atoms with Crippen LogP contribution in [0, 0.1) is 6.92 Å². The van der Waals surface area contributed by atoms with Crippen LogP contribution in [-0.2, 0) is 4.79 Å². The summed E-state index contributed by atoms with van der Waals surface area (Å²) in [5, 5.41) is 7.96. The Kier molecular flexibility index (Phi) is 6.00. The van der Waals surface area contributed by atoms with Gasteiger partial charge in [0, 0.05) is 31.8 Å². The third kappa shape index (κ3) is 4.87. The van der Waals surface area contributed by atoms with Crippen molar-refractivity contribution in [2.24, 2.45) is 0 Å². The first-order valence-corrected chi connectivity index (χ1v) is 8.37. The fourth-order valence-corrected chi connectivity index (χ4v) is 2.71. The van der Waals surface area contributed by atoms with Crippen molar-refractivity contribution in [1.29, 1.82) is 0 Å². The van der Waals surface area contributed by atoms with Gasteiger partial charge in [0.15, 0.2) is 5.82 Å². The van der Waals surface area contributed by atoms with Crippen LogP contribution in [0.5, 0.6) is 0 Å². The Morgan fingerprint density at radius 3 is 2.64 bits per heavy atom. The molecule has 2 rings (SSSR count). The number of H-pyrrole nitrogens is 1. The second kappa shape index (κ2) is 7.98. The van der Waals surface area contributed by atoms with Crippen molar-refractivity contribution in [2.75, 3.05) is 19.8 Å². The molecule has 118 valence electrons. The Hall–Kier alpha value is -1.82. The number of aromatic amines is 1. The molecule has 0 bridgehead atoms. The van der Waals surface area contributed by atoms with Crippen LogP contribution in [0.3, 0.4) is 0 Å². The summed E-state index contributed by atoms with van der Waals surface area (Å²) in [5.41, 5.74) is 2.27. The highest BCUT2D eigenvalue weighted by molar-refractivity contribution is 7.99. The van der Waals surface area contributed by atoms with Crippen LogP contribution >= 0.6 is 11.8 Å². The number of carbonyl (C=O) groups excluding carboxylic acids is 1. The number of thioether (sulfide) groups is 1. The molecule has 0 aliphatic carbocycles. The lowest BCUT2D eigenvalue weighted by Crippen LogP contribution is -2.21. The normalized spacial score (nSPS) is 10.7. The van der Waals surface area contributed by atoms with Gasteiger partial charge in [-0.2, -0.15) is 0 Å². The van der Waals surface area contributed by atoms with Crippen molar-refractivity contribution < 1.29 is 4.79 Å². The Bertz CT molecular complexity index is 607. The maximum absolute atomic E-state index is 11.4. The number of aryl methyl sites for hydroxylation is 1. The first-order chi connectivity index (χ1) is 10.6. The summed E-state index contributed by atoms with van der Waals surface area (Å²) in [7, 11) is 3.58. The van der Waals surface area contributed by atoms with Crippen molar-refractivity contribution in [2.45, 2.75) is 31.3 Å². The highest BCUT2D eigenvalue weighted by atomic mass is 32.2. The summed E-state index contributed by atoms with van der Waals surface area (Å²) in [5.74, 6) is 1.90. The molecule has 1 aromatic carbocycles. The zero-order valence-electron chi connectivity index (χ0n) is 13.3. The molecule has 0 aliphatic heterocycles. The van der Waals surface area contributed by atoms with Crippen LogP contribution in [0.2, 0.25) is 0 Å². The van der Waals surface area contributed by atoms with E-state index in [1.165, 1.54) is 5.56 Å². The number of hydrogen-bond acceptors (Lipinski definition) is 4. The Morgan fingerprint density at radius 1 is 1.23 bits per heavy atom. The predicted molar refractivity (Wildman–Crippen MR) is 89.8 cm³/mol. The molecule has 1 amide bonds. The topological polar surface area (TPSA) is 61.9 Å². The Balaban J connectivity index is 1.76. The number of carbonyl (C=O) groups is 1. The van der Waals surface area contributed by atoms with Gasteiger partial charge >= 0.3 is 0 Å². The van der Waals surface area contributed by atoms with Crippen LogP contribution in [0.4, 0.5) is 0 Å². The van der Waals surface area contributed by atoms with E-state index in [-0.39, 0.29) is 5.91 Å². The maximum atomic E-state index is 11.4. The van der Waals surface area contributed by atoms with Crippen LogP contribution in [0.25, 0.3) is 11.4 Å². The average molecular weight is 318 g/mol. The second-order valence-electron chi connectivity index (χ2n) is 5.43. The molecule has 1 aromatic heterocycles. The molecule has 0 unspecified atom stereocenters. The zero-order chi connectivity index (χ0) is 15.9. The smallest absolute Gasteiger partial charge is 0.222 e. The lowest BCUT2D eigenvalue weighted by molar-refractivity contribution is -0.128. The number of benzene rings is 1. The molecule has 0 spiro atoms. The molecular weight excluding hydrogens is 296 g/mol. The minimum absolute atomic E-state index is 0.185. The van der Waals surface area contributed by atoms with Crippen molar-refractivity contribution in [3.8, 4) is 11.4 Å². The number of rotatable bonds is 7. The summed E-state index contributed by atoms with van der Waals surface area (Å²) < 4.78 is 0. The van der Waals surface area contributed by atoms with E-state index in [9.17, 15) is 4.79 Å². The minimum Gasteiger partial charge on any atom is -0.349 e. The van der Waals surface area contributed by atoms with E-state index in [4.69, 9.17) is 0 Å². The van der Waals surface area contributed by atoms with Crippen molar-refractivity contribution >= 4 is 17.7 Å². The molecule has 2 aromatic rings. The summed E-state index contributed by atoms with van der Waals surface area (Å²) in [6, 6.07) is 8.20. The van der Waals surface area contributed by atoms with Crippen molar-refractivity contribution in [3.05, 3.63) is 29.8 Å². The Labute approximate surface area is 135 Å². The molecule has 1 heterocycles. The van der Waals surface area contributed by atoms with Crippen LogP contribution in [0.1, 0.15) is 24.8 Å². The lowest BCUT2D eigenvalue weighted by Gasteiger charge is -2.09. The number of hydrogen-bond donors (Lipinski definition) is 1. The molecule has 6 heteroatoms. The number of nitrogens with one attached hydrogen (secondary N) is 1. The number of unbranched alkanes of at least 4 members (excludes halogenated alkanes) is 1. The van der Waals surface area contributed by atoms with E-state index in [2.05, 4.69) is 34.2 Å². The first-order valence-electron chi connectivity index (χ1n) is 7.38. The molecular formula is C16H22N4OS. The molecule has 0 fully saturated rings. The quantitative estimate of drug-likeness (QED) is 0.629. The minimum atomic E-state index is 0.185. The maximum Gasteiger partial charge on any atom is 0.222 e. The van der Waals surface area contributed by atoms with Crippen LogP contribution < -0.4 is 0 Å². The van der Waals surface area contributed by atoms with Gasteiger partial charge in [-0.1, -0.05) is 41.6 Å². The molecule has 0 aliphatic rings. The van der Waals surface area contributed by atoms with E-state index >= 15 is 0 Å². The Morgan fingerprint density at radius 2 is 1.95 bits per heavy atom. The SMILES string of the molecule is Cc1ccc(-c2nc(SCCCCC(=O)N(C)C)n[nH]2)cc1. The van der Waals surface area contributed by atoms with Gasteiger partial charge in [-0.3, -0.25) is 9.89 Å². The summed E-state index contributed by atoms with van der Waals surface area (Å²) in [6.07, 6.45) is 2.49. The standard InChI is InChI=1S/C16H22N4OS/c1-12-7-9-13(10-8-12)15-17-16(19-18-15)22-11-5-4-6-14(21)20(2)3/h7-10H,4-6,11H2,1-3H3,(H,17,18,19). The summed E-state index contributed by atoms with van der Waals surface area (Å²) in [4.78, 5) is 17.6. The van der Waals surface area contributed by atoms with Crippen molar-refractivity contribution in [1.82, 2.24) is 20.1 Å². The van der Waals surface area contributed by atoms with Crippen LogP contribution in [-0.4, -0.2) is 45.8 Å². The highest BCUT2D eigenvalue weighted by Crippen LogP contribution is 2.20. The first kappa shape index (κ1) is 16.5. The van der Waals surface area contributed by atoms with Gasteiger partial charge in [-0.15, -0.1) is 5.10 Å². The van der Waals surface area contributed by atoms with Gasteiger partial charge in [0.2, 0.25) is 11.1 Å². The third-order valence-electron chi connectivity index (χ3n) is 3.30. The third-order valence-corrected chi connectivity index (χ3v) is 4.24. The van der Waals surface area contributed by atoms with Gasteiger partial charge in [0.25, 0.3) is 0 Å². The van der Waals surface area contributed by atoms with E-state index in [1.807, 2.05) is 12.1 Å². The molecule has 0 atom stereocenters. The number of aromatic nitrogens is 3. The number of amides is 1. The summed E-state index contributed by atoms with van der Waals surface area (Å²) >= 11 is 1.62. The van der Waals surface area contributed by atoms with Gasteiger partial charge < -0.3 is 4.90 Å². The monoisotopic (exact) mass is 318 g/mol. The van der Waals surface area contributed by atoms with E-state index < -0.39 is 0 Å². The van der Waals surface area contributed by atoms with Gasteiger partial charge in [0.05, 0.1) is 0 Å². The fraction of sp³-hybridized carbons (Fsp3) is 0.438. The van der Waals surface area contributed by atoms with Gasteiger partial charge in [-0.25, -0.2) is 4.98 Å². The number of nitrogens with zero attached hydrogens (tertiary/aromatic N) is 3.